The fourth-order valence-corrected chi connectivity index (χ4v) is 3.07. The zero-order valence-electron chi connectivity index (χ0n) is 18.6. The summed E-state index contributed by atoms with van der Waals surface area (Å²) < 4.78 is 11.1. The second kappa shape index (κ2) is 8.50. The number of benzene rings is 1. The molecule has 1 aromatic carbocycles. The highest BCUT2D eigenvalue weighted by Gasteiger charge is 2.30. The maximum absolute atomic E-state index is 12.6. The Kier molecular flexibility index (Phi) is 6.19. The van der Waals surface area contributed by atoms with Crippen molar-refractivity contribution in [2.45, 2.75) is 66.0 Å². The smallest absolute Gasteiger partial charge is 0.273 e. The molecule has 1 aromatic heterocycles. The van der Waals surface area contributed by atoms with Crippen molar-refractivity contribution in [2.24, 2.45) is 5.92 Å². The van der Waals surface area contributed by atoms with Gasteiger partial charge in [0.15, 0.2) is 12.3 Å². The lowest BCUT2D eigenvalue weighted by Crippen LogP contribution is -2.38. The number of rotatable bonds is 7. The summed E-state index contributed by atoms with van der Waals surface area (Å²) in [6.07, 6.45) is 2.30. The van der Waals surface area contributed by atoms with E-state index in [0.717, 1.165) is 12.0 Å². The minimum absolute atomic E-state index is 0.0192. The Morgan fingerprint density at radius 1 is 1.30 bits per heavy atom. The first-order valence-corrected chi connectivity index (χ1v) is 10.5. The topological polar surface area (TPSA) is 84.7 Å². The Labute approximate surface area is 177 Å². The van der Waals surface area contributed by atoms with Crippen molar-refractivity contribution in [2.75, 3.05) is 11.5 Å². The molecule has 7 nitrogen and oxygen atoms in total. The summed E-state index contributed by atoms with van der Waals surface area (Å²) in [5.74, 6) is 0.807. The van der Waals surface area contributed by atoms with Crippen LogP contribution in [0.3, 0.4) is 0 Å². The number of anilines is 1. The maximum atomic E-state index is 12.6. The molecule has 3 rings (SSSR count). The van der Waals surface area contributed by atoms with Crippen molar-refractivity contribution < 1.29 is 18.7 Å². The van der Waals surface area contributed by atoms with E-state index in [1.165, 1.54) is 6.26 Å². The van der Waals surface area contributed by atoms with Gasteiger partial charge >= 0.3 is 0 Å². The molecule has 1 N–H and O–H groups in total. The molecule has 1 unspecified atom stereocenters. The van der Waals surface area contributed by atoms with E-state index in [9.17, 15) is 9.59 Å². The van der Waals surface area contributed by atoms with Gasteiger partial charge in [0.25, 0.3) is 11.8 Å². The quantitative estimate of drug-likeness (QED) is 0.740. The molecule has 0 saturated carbocycles. The number of hydrogen-bond acceptors (Lipinski definition) is 5. The van der Waals surface area contributed by atoms with E-state index in [2.05, 4.69) is 31.1 Å². The summed E-state index contributed by atoms with van der Waals surface area (Å²) in [7, 11) is 0. The molecule has 0 bridgehead atoms. The summed E-state index contributed by atoms with van der Waals surface area (Å²) in [6.45, 7) is 12.6. The molecule has 1 aliphatic heterocycles. The van der Waals surface area contributed by atoms with Gasteiger partial charge in [-0.05, 0) is 42.4 Å². The number of amides is 2. The van der Waals surface area contributed by atoms with Crippen molar-refractivity contribution in [1.29, 1.82) is 0 Å². The van der Waals surface area contributed by atoms with Gasteiger partial charge in [-0.2, -0.15) is 0 Å². The van der Waals surface area contributed by atoms with Crippen molar-refractivity contribution in [3.05, 3.63) is 41.6 Å². The predicted octanol–water partition coefficient (Wildman–Crippen LogP) is 4.06. The molecule has 2 amide bonds. The SMILES string of the molecule is CCC(C)(C)c1ccc2c(c1)N(Cc1nc(C(=O)NC(C)C(C)C)co1)C(=O)CO2. The molecular weight excluding hydrogens is 382 g/mol. The van der Waals surface area contributed by atoms with Crippen LogP contribution in [0.2, 0.25) is 0 Å². The molecule has 2 heterocycles. The van der Waals surface area contributed by atoms with Crippen molar-refractivity contribution in [3.63, 3.8) is 0 Å². The molecule has 1 aliphatic rings. The molecule has 0 fully saturated rings. The fraction of sp³-hybridized carbons (Fsp3) is 0.522. The average molecular weight is 414 g/mol. The lowest BCUT2D eigenvalue weighted by atomic mass is 9.82. The summed E-state index contributed by atoms with van der Waals surface area (Å²) in [6, 6.07) is 5.96. The highest BCUT2D eigenvalue weighted by atomic mass is 16.5. The van der Waals surface area contributed by atoms with Crippen LogP contribution >= 0.6 is 0 Å². The van der Waals surface area contributed by atoms with E-state index in [1.54, 1.807) is 4.90 Å². The first kappa shape index (κ1) is 21.9. The van der Waals surface area contributed by atoms with E-state index >= 15 is 0 Å². The van der Waals surface area contributed by atoms with Gasteiger partial charge in [0.1, 0.15) is 18.6 Å². The van der Waals surface area contributed by atoms with E-state index in [0.29, 0.717) is 23.2 Å². The normalized spacial score (nSPS) is 15.0. The number of carbonyl (C=O) groups is 2. The van der Waals surface area contributed by atoms with E-state index < -0.39 is 0 Å². The molecule has 162 valence electrons. The summed E-state index contributed by atoms with van der Waals surface area (Å²) in [5, 5.41) is 2.91. The molecule has 0 aliphatic carbocycles. The Hall–Kier alpha value is -2.83. The van der Waals surface area contributed by atoms with Crippen LogP contribution in [0.5, 0.6) is 5.75 Å². The molecule has 1 atom stereocenters. The Morgan fingerprint density at radius 2 is 2.03 bits per heavy atom. The molecular formula is C23H31N3O4. The minimum Gasteiger partial charge on any atom is -0.482 e. The summed E-state index contributed by atoms with van der Waals surface area (Å²) >= 11 is 0. The molecule has 0 saturated heterocycles. The number of nitrogens with zero attached hydrogens (tertiary/aromatic N) is 2. The van der Waals surface area contributed by atoms with Gasteiger partial charge in [-0.25, -0.2) is 4.98 Å². The number of fused-ring (bicyclic) bond motifs is 1. The molecule has 2 aromatic rings. The second-order valence-corrected chi connectivity index (χ2v) is 8.82. The van der Waals surface area contributed by atoms with Gasteiger partial charge in [-0.15, -0.1) is 0 Å². The van der Waals surface area contributed by atoms with Crippen LogP contribution in [0.1, 0.15) is 69.9 Å². The van der Waals surface area contributed by atoms with E-state index in [-0.39, 0.29) is 42.1 Å². The van der Waals surface area contributed by atoms with Crippen LogP contribution in [0, 0.1) is 5.92 Å². The highest BCUT2D eigenvalue weighted by molar-refractivity contribution is 5.98. The molecule has 0 radical (unpaired) electrons. The van der Waals surface area contributed by atoms with Crippen LogP contribution in [-0.2, 0) is 16.8 Å². The third kappa shape index (κ3) is 4.50. The molecule has 7 heteroatoms. The Bertz CT molecular complexity index is 932. The minimum atomic E-state index is -0.285. The van der Waals surface area contributed by atoms with Gasteiger partial charge < -0.3 is 14.5 Å². The monoisotopic (exact) mass is 413 g/mol. The third-order valence-electron chi connectivity index (χ3n) is 6.00. The first-order valence-electron chi connectivity index (χ1n) is 10.5. The number of hydrogen-bond donors (Lipinski definition) is 1. The standard InChI is InChI=1S/C23H31N3O4/c1-7-23(5,6)16-8-9-19-18(10-16)26(21(27)13-29-19)11-20-25-17(12-30-20)22(28)24-15(4)14(2)3/h8-10,12,14-15H,7,11,13H2,1-6H3,(H,24,28). The maximum Gasteiger partial charge on any atom is 0.273 e. The predicted molar refractivity (Wildman–Crippen MR) is 115 cm³/mol. The number of nitrogens with one attached hydrogen (secondary N) is 1. The Morgan fingerprint density at radius 3 is 2.70 bits per heavy atom. The third-order valence-corrected chi connectivity index (χ3v) is 6.00. The van der Waals surface area contributed by atoms with Crippen molar-refractivity contribution in [1.82, 2.24) is 10.3 Å². The van der Waals surface area contributed by atoms with Gasteiger partial charge in [0, 0.05) is 6.04 Å². The van der Waals surface area contributed by atoms with Crippen molar-refractivity contribution >= 4 is 17.5 Å². The van der Waals surface area contributed by atoms with Crippen LogP contribution in [0.4, 0.5) is 5.69 Å². The fourth-order valence-electron chi connectivity index (χ4n) is 3.07. The van der Waals surface area contributed by atoms with Crippen LogP contribution in [0.25, 0.3) is 0 Å². The lowest BCUT2D eigenvalue weighted by Gasteiger charge is -2.31. The first-order chi connectivity index (χ1) is 14.1. The summed E-state index contributed by atoms with van der Waals surface area (Å²) in [4.78, 5) is 30.9. The average Bonchev–Trinajstić information content (AvgIpc) is 3.18. The van der Waals surface area contributed by atoms with Crippen LogP contribution < -0.4 is 15.0 Å². The van der Waals surface area contributed by atoms with E-state index in [1.807, 2.05) is 39.0 Å². The number of aromatic nitrogens is 1. The van der Waals surface area contributed by atoms with Gasteiger partial charge in [0.05, 0.1) is 5.69 Å². The number of carbonyl (C=O) groups excluding carboxylic acids is 2. The number of ether oxygens (including phenoxy) is 1. The van der Waals surface area contributed by atoms with Crippen LogP contribution in [0.15, 0.2) is 28.9 Å². The largest absolute Gasteiger partial charge is 0.482 e. The van der Waals surface area contributed by atoms with Crippen molar-refractivity contribution in [3.8, 4) is 5.75 Å². The zero-order valence-corrected chi connectivity index (χ0v) is 18.6. The molecule has 30 heavy (non-hydrogen) atoms. The molecule has 0 spiro atoms. The second-order valence-electron chi connectivity index (χ2n) is 8.82. The van der Waals surface area contributed by atoms with Gasteiger partial charge in [0.2, 0.25) is 5.89 Å². The Balaban J connectivity index is 1.83. The van der Waals surface area contributed by atoms with E-state index in [4.69, 9.17) is 9.15 Å². The van der Waals surface area contributed by atoms with Gasteiger partial charge in [-0.1, -0.05) is 40.7 Å². The number of oxazole rings is 1. The lowest BCUT2D eigenvalue weighted by molar-refractivity contribution is -0.121. The van der Waals surface area contributed by atoms with Crippen LogP contribution in [-0.4, -0.2) is 29.4 Å². The summed E-state index contributed by atoms with van der Waals surface area (Å²) in [5.41, 5.74) is 2.01. The zero-order chi connectivity index (χ0) is 22.1. The highest BCUT2D eigenvalue weighted by Crippen LogP contribution is 2.38. The van der Waals surface area contributed by atoms with Gasteiger partial charge in [-0.3, -0.25) is 14.5 Å².